The van der Waals surface area contributed by atoms with E-state index in [4.69, 9.17) is 4.98 Å². The van der Waals surface area contributed by atoms with Gasteiger partial charge in [0.15, 0.2) is 0 Å². The van der Waals surface area contributed by atoms with Crippen molar-refractivity contribution in [3.63, 3.8) is 0 Å². The van der Waals surface area contributed by atoms with Crippen LogP contribution in [-0.2, 0) is 6.54 Å². The van der Waals surface area contributed by atoms with Crippen molar-refractivity contribution in [1.82, 2.24) is 9.55 Å². The number of fused-ring (bicyclic) bond motifs is 2. The highest BCUT2D eigenvalue weighted by atomic mass is 79.9. The number of benzene rings is 4. The second-order valence-corrected chi connectivity index (χ2v) is 7.57. The standard InChI is InChI=1S/C24H17BrN2/c25-20-11-6-9-18(15-20)24-26-22-13-3-4-14-23(22)27(24)16-19-10-5-8-17-7-1-2-12-21(17)19/h1-15H,16H2. The predicted molar refractivity (Wildman–Crippen MR) is 116 cm³/mol. The van der Waals surface area contributed by atoms with Crippen molar-refractivity contribution < 1.29 is 0 Å². The molecule has 130 valence electrons. The molecule has 1 aromatic heterocycles. The molecule has 0 fully saturated rings. The van der Waals surface area contributed by atoms with Crippen molar-refractivity contribution in [2.24, 2.45) is 0 Å². The van der Waals surface area contributed by atoms with Gasteiger partial charge in [-0.15, -0.1) is 0 Å². The summed E-state index contributed by atoms with van der Waals surface area (Å²) in [5, 5.41) is 2.56. The molecule has 0 N–H and O–H groups in total. The maximum absolute atomic E-state index is 4.94. The van der Waals surface area contributed by atoms with Gasteiger partial charge in [0.1, 0.15) is 5.82 Å². The Bertz CT molecular complexity index is 1260. The van der Waals surface area contributed by atoms with Crippen molar-refractivity contribution in [3.8, 4) is 11.4 Å². The van der Waals surface area contributed by atoms with Gasteiger partial charge in [0, 0.05) is 10.0 Å². The molecule has 5 rings (SSSR count). The molecule has 0 aliphatic carbocycles. The van der Waals surface area contributed by atoms with Crippen LogP contribution in [0.4, 0.5) is 0 Å². The Morgan fingerprint density at radius 1 is 0.778 bits per heavy atom. The molecule has 3 heteroatoms. The minimum atomic E-state index is 0.781. The molecule has 0 saturated carbocycles. The van der Waals surface area contributed by atoms with Gasteiger partial charge in [-0.3, -0.25) is 0 Å². The van der Waals surface area contributed by atoms with E-state index >= 15 is 0 Å². The zero-order chi connectivity index (χ0) is 18.2. The summed E-state index contributed by atoms with van der Waals surface area (Å²) in [4.78, 5) is 4.94. The summed E-state index contributed by atoms with van der Waals surface area (Å²) in [6.07, 6.45) is 0. The van der Waals surface area contributed by atoms with Gasteiger partial charge in [-0.05, 0) is 40.6 Å². The number of rotatable bonds is 3. The highest BCUT2D eigenvalue weighted by Gasteiger charge is 2.14. The van der Waals surface area contributed by atoms with Gasteiger partial charge < -0.3 is 4.57 Å². The first-order valence-corrected chi connectivity index (χ1v) is 9.77. The van der Waals surface area contributed by atoms with E-state index in [-0.39, 0.29) is 0 Å². The molecule has 4 aromatic carbocycles. The quantitative estimate of drug-likeness (QED) is 0.323. The molecule has 27 heavy (non-hydrogen) atoms. The van der Waals surface area contributed by atoms with Crippen LogP contribution in [0, 0.1) is 0 Å². The van der Waals surface area contributed by atoms with Crippen LogP contribution in [0.25, 0.3) is 33.2 Å². The number of para-hydroxylation sites is 2. The average Bonchev–Trinajstić information content (AvgIpc) is 3.07. The van der Waals surface area contributed by atoms with Gasteiger partial charge in [0.25, 0.3) is 0 Å². The Hall–Kier alpha value is -2.91. The minimum Gasteiger partial charge on any atom is -0.319 e. The van der Waals surface area contributed by atoms with E-state index in [1.807, 2.05) is 12.1 Å². The van der Waals surface area contributed by atoms with E-state index in [0.717, 1.165) is 33.4 Å². The van der Waals surface area contributed by atoms with Crippen molar-refractivity contribution in [1.29, 1.82) is 0 Å². The number of nitrogens with zero attached hydrogens (tertiary/aromatic N) is 2. The van der Waals surface area contributed by atoms with Crippen molar-refractivity contribution >= 4 is 37.7 Å². The molecule has 0 atom stereocenters. The Morgan fingerprint density at radius 3 is 2.48 bits per heavy atom. The number of aromatic nitrogens is 2. The maximum Gasteiger partial charge on any atom is 0.141 e. The molecule has 0 bridgehead atoms. The van der Waals surface area contributed by atoms with E-state index in [0.29, 0.717) is 0 Å². The summed E-state index contributed by atoms with van der Waals surface area (Å²) in [5.41, 5.74) is 4.58. The highest BCUT2D eigenvalue weighted by Crippen LogP contribution is 2.29. The number of hydrogen-bond acceptors (Lipinski definition) is 1. The van der Waals surface area contributed by atoms with Crippen molar-refractivity contribution in [2.45, 2.75) is 6.54 Å². The smallest absolute Gasteiger partial charge is 0.141 e. The molecule has 0 saturated heterocycles. The third-order valence-corrected chi connectivity index (χ3v) is 5.44. The molecule has 0 aliphatic rings. The fourth-order valence-corrected chi connectivity index (χ4v) is 4.08. The average molecular weight is 413 g/mol. The molecule has 0 radical (unpaired) electrons. The lowest BCUT2D eigenvalue weighted by Crippen LogP contribution is -2.03. The van der Waals surface area contributed by atoms with Crippen LogP contribution in [0.2, 0.25) is 0 Å². The summed E-state index contributed by atoms with van der Waals surface area (Å²) in [7, 11) is 0. The number of hydrogen-bond donors (Lipinski definition) is 0. The maximum atomic E-state index is 4.94. The Labute approximate surface area is 166 Å². The Balaban J connectivity index is 1.73. The summed E-state index contributed by atoms with van der Waals surface area (Å²) in [6, 6.07) is 31.8. The lowest BCUT2D eigenvalue weighted by molar-refractivity contribution is 0.840. The first-order valence-electron chi connectivity index (χ1n) is 8.97. The zero-order valence-corrected chi connectivity index (χ0v) is 16.2. The second-order valence-electron chi connectivity index (χ2n) is 6.66. The van der Waals surface area contributed by atoms with Crippen molar-refractivity contribution in [2.75, 3.05) is 0 Å². The topological polar surface area (TPSA) is 17.8 Å². The van der Waals surface area contributed by atoms with Crippen molar-refractivity contribution in [3.05, 3.63) is 101 Å². The summed E-state index contributed by atoms with van der Waals surface area (Å²) >= 11 is 3.59. The molecule has 1 heterocycles. The van der Waals surface area contributed by atoms with Gasteiger partial charge in [-0.25, -0.2) is 4.98 Å². The molecule has 0 amide bonds. The second kappa shape index (κ2) is 6.67. The summed E-state index contributed by atoms with van der Waals surface area (Å²) < 4.78 is 3.38. The van der Waals surface area contributed by atoms with E-state index < -0.39 is 0 Å². The van der Waals surface area contributed by atoms with E-state index in [1.54, 1.807) is 0 Å². The van der Waals surface area contributed by atoms with E-state index in [9.17, 15) is 0 Å². The van der Waals surface area contributed by atoms with Crippen LogP contribution in [0.3, 0.4) is 0 Å². The van der Waals surface area contributed by atoms with Crippen LogP contribution < -0.4 is 0 Å². The SMILES string of the molecule is Brc1cccc(-c2nc3ccccc3n2Cc2cccc3ccccc23)c1. The fraction of sp³-hybridized carbons (Fsp3) is 0.0417. The normalized spacial score (nSPS) is 11.3. The third kappa shape index (κ3) is 2.94. The zero-order valence-electron chi connectivity index (χ0n) is 14.6. The lowest BCUT2D eigenvalue weighted by atomic mass is 10.0. The minimum absolute atomic E-state index is 0.781. The largest absolute Gasteiger partial charge is 0.319 e. The van der Waals surface area contributed by atoms with Crippen LogP contribution in [-0.4, -0.2) is 9.55 Å². The summed E-state index contributed by atoms with van der Waals surface area (Å²) in [6.45, 7) is 0.781. The van der Waals surface area contributed by atoms with Crippen LogP contribution >= 0.6 is 15.9 Å². The first-order chi connectivity index (χ1) is 13.3. The Kier molecular flexibility index (Phi) is 4.02. The molecule has 0 aliphatic heterocycles. The van der Waals surface area contributed by atoms with Crippen LogP contribution in [0.5, 0.6) is 0 Å². The fourth-order valence-electron chi connectivity index (χ4n) is 3.68. The number of imidazole rings is 1. The van der Waals surface area contributed by atoms with Crippen LogP contribution in [0.15, 0.2) is 95.5 Å². The molecular weight excluding hydrogens is 396 g/mol. The van der Waals surface area contributed by atoms with Gasteiger partial charge in [0.05, 0.1) is 17.6 Å². The molecular formula is C24H17BrN2. The molecule has 5 aromatic rings. The van der Waals surface area contributed by atoms with Gasteiger partial charge >= 0.3 is 0 Å². The molecule has 0 unspecified atom stereocenters. The van der Waals surface area contributed by atoms with Gasteiger partial charge in [0.2, 0.25) is 0 Å². The summed E-state index contributed by atoms with van der Waals surface area (Å²) in [5.74, 6) is 0.991. The molecule has 0 spiro atoms. The third-order valence-electron chi connectivity index (χ3n) is 4.95. The monoisotopic (exact) mass is 412 g/mol. The van der Waals surface area contributed by atoms with Gasteiger partial charge in [-0.2, -0.15) is 0 Å². The van der Waals surface area contributed by atoms with Gasteiger partial charge in [-0.1, -0.05) is 82.7 Å². The lowest BCUT2D eigenvalue weighted by Gasteiger charge is -2.12. The highest BCUT2D eigenvalue weighted by molar-refractivity contribution is 9.10. The van der Waals surface area contributed by atoms with E-state index in [1.165, 1.54) is 16.3 Å². The number of halogens is 1. The van der Waals surface area contributed by atoms with E-state index in [2.05, 4.69) is 99.4 Å². The molecule has 2 nitrogen and oxygen atoms in total. The predicted octanol–water partition coefficient (Wildman–Crippen LogP) is 6.67. The Morgan fingerprint density at radius 2 is 1.56 bits per heavy atom. The van der Waals surface area contributed by atoms with Crippen LogP contribution in [0.1, 0.15) is 5.56 Å². The first kappa shape index (κ1) is 16.3.